The van der Waals surface area contributed by atoms with Crippen LogP contribution >= 0.6 is 0 Å². The van der Waals surface area contributed by atoms with Crippen LogP contribution in [0.25, 0.3) is 0 Å². The van der Waals surface area contributed by atoms with Gasteiger partial charge in [-0.2, -0.15) is 0 Å². The minimum atomic E-state index is -1.12. The van der Waals surface area contributed by atoms with Gasteiger partial charge in [-0.05, 0) is 49.3 Å². The van der Waals surface area contributed by atoms with E-state index in [2.05, 4.69) is 33.0 Å². The second kappa shape index (κ2) is 8.68. The maximum absolute atomic E-state index is 11.7. The Morgan fingerprint density at radius 1 is 1.08 bits per heavy atom. The van der Waals surface area contributed by atoms with Crippen molar-refractivity contribution in [2.75, 3.05) is 6.54 Å². The number of alkyl carbamates (subject to hydrolysis) is 1. The van der Waals surface area contributed by atoms with Gasteiger partial charge < -0.3 is 20.3 Å². The van der Waals surface area contributed by atoms with Crippen LogP contribution in [0.5, 0.6) is 0 Å². The number of carbonyl (C=O) groups is 1. The van der Waals surface area contributed by atoms with Crippen molar-refractivity contribution in [2.45, 2.75) is 78.1 Å². The highest BCUT2D eigenvalue weighted by Crippen LogP contribution is 2.33. The maximum Gasteiger partial charge on any atom is 0.407 e. The maximum atomic E-state index is 11.7. The van der Waals surface area contributed by atoms with Crippen molar-refractivity contribution in [1.82, 2.24) is 5.32 Å². The summed E-state index contributed by atoms with van der Waals surface area (Å²) in [5.74, 6) is 0.434. The molecular formula is C20H33NO4. The molecule has 3 N–H and O–H groups in total. The molecule has 0 radical (unpaired) electrons. The molecule has 0 heterocycles. The summed E-state index contributed by atoms with van der Waals surface area (Å²) in [6.07, 6.45) is -2.81. The lowest BCUT2D eigenvalue weighted by molar-refractivity contribution is 0.0119. The standard InChI is InChI=1S/C20H33NO4/c1-12(2)14-9-8-10-15(13(3)4)17(14)18(23)16(22)11-21-19(24)25-20(5,6)7/h8-10,12-13,16,18,22-23H,11H2,1-7H3,(H,21,24). The first-order valence-corrected chi connectivity index (χ1v) is 8.89. The van der Waals surface area contributed by atoms with Crippen LogP contribution in [0.4, 0.5) is 4.79 Å². The normalized spacial score (nSPS) is 14.5. The summed E-state index contributed by atoms with van der Waals surface area (Å²) in [5, 5.41) is 23.7. The number of carbonyl (C=O) groups excluding carboxylic acids is 1. The van der Waals surface area contributed by atoms with Crippen LogP contribution in [0, 0.1) is 0 Å². The van der Waals surface area contributed by atoms with E-state index >= 15 is 0 Å². The summed E-state index contributed by atoms with van der Waals surface area (Å²) in [6, 6.07) is 5.93. The minimum Gasteiger partial charge on any atom is -0.444 e. The van der Waals surface area contributed by atoms with Crippen molar-refractivity contribution in [3.8, 4) is 0 Å². The monoisotopic (exact) mass is 351 g/mol. The lowest BCUT2D eigenvalue weighted by Gasteiger charge is -2.27. The number of aliphatic hydroxyl groups excluding tert-OH is 2. The lowest BCUT2D eigenvalue weighted by atomic mass is 9.84. The van der Waals surface area contributed by atoms with Gasteiger partial charge in [0.2, 0.25) is 0 Å². The van der Waals surface area contributed by atoms with Crippen LogP contribution in [0.2, 0.25) is 0 Å². The number of hydrogen-bond donors (Lipinski definition) is 3. The van der Waals surface area contributed by atoms with Gasteiger partial charge in [0.1, 0.15) is 17.8 Å². The zero-order chi connectivity index (χ0) is 19.4. The van der Waals surface area contributed by atoms with Gasteiger partial charge in [0, 0.05) is 6.54 Å². The van der Waals surface area contributed by atoms with E-state index in [1.165, 1.54) is 0 Å². The number of hydrogen-bond acceptors (Lipinski definition) is 4. The van der Waals surface area contributed by atoms with Crippen molar-refractivity contribution in [1.29, 1.82) is 0 Å². The van der Waals surface area contributed by atoms with Crippen molar-refractivity contribution in [3.05, 3.63) is 34.9 Å². The van der Waals surface area contributed by atoms with E-state index in [4.69, 9.17) is 4.74 Å². The summed E-state index contributed by atoms with van der Waals surface area (Å²) in [4.78, 5) is 11.7. The van der Waals surface area contributed by atoms with Gasteiger partial charge in [-0.25, -0.2) is 4.79 Å². The predicted octanol–water partition coefficient (Wildman–Crippen LogP) is 3.85. The van der Waals surface area contributed by atoms with E-state index in [1.807, 2.05) is 18.2 Å². The molecule has 0 aliphatic heterocycles. The molecule has 1 aromatic rings. The van der Waals surface area contributed by atoms with E-state index in [9.17, 15) is 15.0 Å². The van der Waals surface area contributed by atoms with Gasteiger partial charge in [0.05, 0.1) is 0 Å². The molecule has 0 spiro atoms. The van der Waals surface area contributed by atoms with Gasteiger partial charge in [-0.15, -0.1) is 0 Å². The third-order valence-corrected chi connectivity index (χ3v) is 3.93. The molecule has 0 saturated carbocycles. The molecule has 0 aliphatic rings. The molecule has 1 amide bonds. The SMILES string of the molecule is CC(C)c1cccc(C(C)C)c1C(O)C(O)CNC(=O)OC(C)(C)C. The zero-order valence-electron chi connectivity index (χ0n) is 16.5. The van der Waals surface area contributed by atoms with Crippen molar-refractivity contribution in [2.24, 2.45) is 0 Å². The van der Waals surface area contributed by atoms with Gasteiger partial charge in [0.25, 0.3) is 0 Å². The Bertz CT molecular complexity index is 549. The Kier molecular flexibility index (Phi) is 7.44. The summed E-state index contributed by atoms with van der Waals surface area (Å²) < 4.78 is 5.15. The molecule has 0 aliphatic carbocycles. The Morgan fingerprint density at radius 3 is 1.96 bits per heavy atom. The molecule has 0 saturated heterocycles. The summed E-state index contributed by atoms with van der Waals surface area (Å²) in [5.41, 5.74) is 2.17. The molecule has 0 bridgehead atoms. The fraction of sp³-hybridized carbons (Fsp3) is 0.650. The second-order valence-corrected chi connectivity index (χ2v) is 8.05. The van der Waals surface area contributed by atoms with Gasteiger partial charge >= 0.3 is 6.09 Å². The third kappa shape index (κ3) is 6.33. The smallest absolute Gasteiger partial charge is 0.407 e. The Hall–Kier alpha value is -1.59. The number of ether oxygens (including phenoxy) is 1. The average molecular weight is 351 g/mol. The first-order chi connectivity index (χ1) is 11.4. The van der Waals surface area contributed by atoms with Crippen LogP contribution in [-0.2, 0) is 4.74 Å². The molecule has 0 fully saturated rings. The van der Waals surface area contributed by atoms with Crippen molar-refractivity contribution < 1.29 is 19.7 Å². The van der Waals surface area contributed by atoms with Gasteiger partial charge in [0.15, 0.2) is 0 Å². The number of rotatable bonds is 6. The second-order valence-electron chi connectivity index (χ2n) is 8.05. The quantitative estimate of drug-likeness (QED) is 0.727. The Balaban J connectivity index is 2.95. The first kappa shape index (κ1) is 21.5. The van der Waals surface area contributed by atoms with E-state index < -0.39 is 23.9 Å². The first-order valence-electron chi connectivity index (χ1n) is 8.89. The summed E-state index contributed by atoms with van der Waals surface area (Å²) in [7, 11) is 0. The molecular weight excluding hydrogens is 318 g/mol. The molecule has 142 valence electrons. The highest BCUT2D eigenvalue weighted by molar-refractivity contribution is 5.67. The molecule has 1 rings (SSSR count). The van der Waals surface area contributed by atoms with Crippen LogP contribution < -0.4 is 5.32 Å². The van der Waals surface area contributed by atoms with Gasteiger partial charge in [-0.1, -0.05) is 45.9 Å². The molecule has 5 heteroatoms. The lowest BCUT2D eigenvalue weighted by Crippen LogP contribution is -2.39. The molecule has 2 unspecified atom stereocenters. The van der Waals surface area contributed by atoms with Crippen molar-refractivity contribution >= 4 is 6.09 Å². The summed E-state index contributed by atoms with van der Waals surface area (Å²) >= 11 is 0. The summed E-state index contributed by atoms with van der Waals surface area (Å²) in [6.45, 7) is 13.5. The van der Waals surface area contributed by atoms with E-state index in [0.29, 0.717) is 0 Å². The Labute approximate surface area is 151 Å². The number of benzene rings is 1. The molecule has 2 atom stereocenters. The molecule has 25 heavy (non-hydrogen) atoms. The molecule has 1 aromatic carbocycles. The van der Waals surface area contributed by atoms with E-state index in [-0.39, 0.29) is 18.4 Å². The third-order valence-electron chi connectivity index (χ3n) is 3.93. The predicted molar refractivity (Wildman–Crippen MR) is 99.8 cm³/mol. The fourth-order valence-electron chi connectivity index (χ4n) is 2.76. The van der Waals surface area contributed by atoms with E-state index in [1.54, 1.807) is 20.8 Å². The average Bonchev–Trinajstić information content (AvgIpc) is 2.49. The van der Waals surface area contributed by atoms with Gasteiger partial charge in [-0.3, -0.25) is 0 Å². The van der Waals surface area contributed by atoms with Crippen LogP contribution in [0.3, 0.4) is 0 Å². The number of nitrogens with one attached hydrogen (secondary N) is 1. The topological polar surface area (TPSA) is 78.8 Å². The zero-order valence-corrected chi connectivity index (χ0v) is 16.5. The van der Waals surface area contributed by atoms with Crippen LogP contribution in [0.1, 0.15) is 83.1 Å². The van der Waals surface area contributed by atoms with Crippen molar-refractivity contribution in [3.63, 3.8) is 0 Å². The molecule has 5 nitrogen and oxygen atoms in total. The highest BCUT2D eigenvalue weighted by atomic mass is 16.6. The highest BCUT2D eigenvalue weighted by Gasteiger charge is 2.27. The van der Waals surface area contributed by atoms with Crippen LogP contribution in [-0.4, -0.2) is 34.6 Å². The Morgan fingerprint density at radius 2 is 1.56 bits per heavy atom. The fourth-order valence-corrected chi connectivity index (χ4v) is 2.76. The molecule has 0 aromatic heterocycles. The van der Waals surface area contributed by atoms with E-state index in [0.717, 1.165) is 16.7 Å². The largest absolute Gasteiger partial charge is 0.444 e. The number of aliphatic hydroxyl groups is 2. The van der Waals surface area contributed by atoms with Crippen LogP contribution in [0.15, 0.2) is 18.2 Å². The minimum absolute atomic E-state index is 0.0833. The number of amides is 1.